The Morgan fingerprint density at radius 2 is 1.91 bits per heavy atom. The molecule has 1 heterocycles. The summed E-state index contributed by atoms with van der Waals surface area (Å²) in [4.78, 5) is 4.33. The molecule has 0 N–H and O–H groups in total. The third-order valence-corrected chi connectivity index (χ3v) is 3.63. The summed E-state index contributed by atoms with van der Waals surface area (Å²) < 4.78 is 17.2. The fraction of sp³-hybridized carbons (Fsp3) is 0.125. The first kappa shape index (κ1) is 14.8. The summed E-state index contributed by atoms with van der Waals surface area (Å²) >= 11 is 2.23. The van der Waals surface area contributed by atoms with Gasteiger partial charge in [-0.3, -0.25) is 0 Å². The molecule has 5 nitrogen and oxygen atoms in total. The minimum atomic E-state index is 0.233. The Kier molecular flexibility index (Phi) is 4.57. The summed E-state index contributed by atoms with van der Waals surface area (Å²) in [5.41, 5.74) is 0.837. The molecule has 2 aromatic carbocycles. The molecule has 0 aliphatic heterocycles. The van der Waals surface area contributed by atoms with E-state index in [0.717, 1.165) is 20.6 Å². The van der Waals surface area contributed by atoms with E-state index in [2.05, 4.69) is 32.7 Å². The van der Waals surface area contributed by atoms with Gasteiger partial charge in [-0.2, -0.15) is 4.98 Å². The van der Waals surface area contributed by atoms with E-state index in [1.54, 1.807) is 7.11 Å². The largest absolute Gasteiger partial charge is 0.497 e. The highest BCUT2D eigenvalue weighted by Gasteiger charge is 2.10. The topological polar surface area (TPSA) is 57.4 Å². The average Bonchev–Trinajstić information content (AvgIpc) is 3.02. The van der Waals surface area contributed by atoms with Crippen LogP contribution in [0.5, 0.6) is 11.5 Å². The second kappa shape index (κ2) is 6.78. The van der Waals surface area contributed by atoms with Gasteiger partial charge in [0.05, 0.1) is 7.11 Å². The van der Waals surface area contributed by atoms with Gasteiger partial charge in [0, 0.05) is 9.13 Å². The summed E-state index contributed by atoms with van der Waals surface area (Å²) in [6, 6.07) is 15.3. The maximum absolute atomic E-state index is 5.64. The molecule has 22 heavy (non-hydrogen) atoms. The molecule has 0 saturated carbocycles. The second-order valence-electron chi connectivity index (χ2n) is 4.49. The van der Waals surface area contributed by atoms with Gasteiger partial charge in [-0.05, 0) is 52.9 Å². The standard InChI is InChI=1S/C16H13IN2O3/c1-20-13-6-2-4-11(8-13)16-18-15(22-19-16)10-21-14-7-3-5-12(17)9-14/h2-9H,10H2,1H3. The monoisotopic (exact) mass is 408 g/mol. The smallest absolute Gasteiger partial charge is 0.264 e. The fourth-order valence-corrected chi connectivity index (χ4v) is 2.41. The lowest BCUT2D eigenvalue weighted by atomic mass is 10.2. The number of hydrogen-bond donors (Lipinski definition) is 0. The zero-order valence-electron chi connectivity index (χ0n) is 11.8. The predicted octanol–water partition coefficient (Wildman–Crippen LogP) is 3.93. The number of methoxy groups -OCH3 is 1. The van der Waals surface area contributed by atoms with Crippen LogP contribution < -0.4 is 9.47 Å². The number of nitrogens with zero attached hydrogens (tertiary/aromatic N) is 2. The first-order valence-electron chi connectivity index (χ1n) is 6.60. The minimum absolute atomic E-state index is 0.233. The van der Waals surface area contributed by atoms with Gasteiger partial charge >= 0.3 is 0 Å². The zero-order chi connectivity index (χ0) is 15.4. The quantitative estimate of drug-likeness (QED) is 0.599. The van der Waals surface area contributed by atoms with Gasteiger partial charge in [0.15, 0.2) is 6.61 Å². The SMILES string of the molecule is COc1cccc(-c2noc(COc3cccc(I)c3)n2)c1. The molecule has 6 heteroatoms. The van der Waals surface area contributed by atoms with E-state index in [9.17, 15) is 0 Å². The Morgan fingerprint density at radius 1 is 1.09 bits per heavy atom. The number of hydrogen-bond acceptors (Lipinski definition) is 5. The molecule has 3 aromatic rings. The molecule has 0 saturated heterocycles. The number of rotatable bonds is 5. The normalized spacial score (nSPS) is 10.5. The molecule has 0 unspecified atom stereocenters. The highest BCUT2D eigenvalue weighted by molar-refractivity contribution is 14.1. The fourth-order valence-electron chi connectivity index (χ4n) is 1.89. The van der Waals surface area contributed by atoms with Gasteiger partial charge < -0.3 is 14.0 Å². The molecule has 0 aliphatic carbocycles. The van der Waals surface area contributed by atoms with E-state index in [4.69, 9.17) is 14.0 Å². The van der Waals surface area contributed by atoms with Crippen LogP contribution in [0.3, 0.4) is 0 Å². The number of halogens is 1. The van der Waals surface area contributed by atoms with Crippen molar-refractivity contribution in [3.05, 3.63) is 58.0 Å². The molecule has 0 radical (unpaired) electrons. The zero-order valence-corrected chi connectivity index (χ0v) is 14.0. The van der Waals surface area contributed by atoms with Crippen molar-refractivity contribution < 1.29 is 14.0 Å². The van der Waals surface area contributed by atoms with E-state index in [1.807, 2.05) is 48.5 Å². The molecule has 0 aliphatic rings. The lowest BCUT2D eigenvalue weighted by Gasteiger charge is -2.02. The number of ether oxygens (including phenoxy) is 2. The second-order valence-corrected chi connectivity index (χ2v) is 5.74. The van der Waals surface area contributed by atoms with Crippen molar-refractivity contribution in [1.29, 1.82) is 0 Å². The van der Waals surface area contributed by atoms with Crippen molar-refractivity contribution in [3.63, 3.8) is 0 Å². The van der Waals surface area contributed by atoms with Gasteiger partial charge in [0.1, 0.15) is 11.5 Å². The Labute approximate surface area is 141 Å². The van der Waals surface area contributed by atoms with Gasteiger partial charge in [0.25, 0.3) is 5.89 Å². The van der Waals surface area contributed by atoms with Crippen LogP contribution in [0.2, 0.25) is 0 Å². The summed E-state index contributed by atoms with van der Waals surface area (Å²) in [6.07, 6.45) is 0. The van der Waals surface area contributed by atoms with E-state index in [-0.39, 0.29) is 6.61 Å². The third-order valence-electron chi connectivity index (χ3n) is 2.95. The first-order valence-corrected chi connectivity index (χ1v) is 7.68. The molecular weight excluding hydrogens is 395 g/mol. The van der Waals surface area contributed by atoms with Gasteiger partial charge in [0.2, 0.25) is 5.82 Å². The first-order chi connectivity index (χ1) is 10.7. The van der Waals surface area contributed by atoms with Gasteiger partial charge in [-0.15, -0.1) is 0 Å². The van der Waals surface area contributed by atoms with E-state index in [0.29, 0.717) is 11.7 Å². The maximum atomic E-state index is 5.64. The summed E-state index contributed by atoms with van der Waals surface area (Å²) in [5, 5.41) is 3.97. The molecule has 112 valence electrons. The molecule has 0 bridgehead atoms. The van der Waals surface area contributed by atoms with Crippen molar-refractivity contribution in [1.82, 2.24) is 10.1 Å². The summed E-state index contributed by atoms with van der Waals surface area (Å²) in [6.45, 7) is 0.233. The van der Waals surface area contributed by atoms with E-state index in [1.165, 1.54) is 0 Å². The van der Waals surface area contributed by atoms with Crippen LogP contribution in [0.4, 0.5) is 0 Å². The molecule has 0 atom stereocenters. The van der Waals surface area contributed by atoms with Gasteiger partial charge in [-0.25, -0.2) is 0 Å². The molecule has 3 rings (SSSR count). The molecule has 0 amide bonds. The van der Waals surface area contributed by atoms with Crippen LogP contribution in [0.1, 0.15) is 5.89 Å². The average molecular weight is 408 g/mol. The Balaban J connectivity index is 1.71. The van der Waals surface area contributed by atoms with Crippen LogP contribution in [0, 0.1) is 3.57 Å². The lowest BCUT2D eigenvalue weighted by molar-refractivity contribution is 0.243. The summed E-state index contributed by atoms with van der Waals surface area (Å²) in [7, 11) is 1.62. The highest BCUT2D eigenvalue weighted by Crippen LogP contribution is 2.22. The van der Waals surface area contributed by atoms with E-state index < -0.39 is 0 Å². The number of aromatic nitrogens is 2. The molecule has 1 aromatic heterocycles. The van der Waals surface area contributed by atoms with Crippen LogP contribution in [0.25, 0.3) is 11.4 Å². The van der Waals surface area contributed by atoms with Crippen LogP contribution >= 0.6 is 22.6 Å². The van der Waals surface area contributed by atoms with Crippen LogP contribution in [0.15, 0.2) is 53.1 Å². The van der Waals surface area contributed by atoms with Gasteiger partial charge in [-0.1, -0.05) is 23.4 Å². The Bertz CT molecular complexity index is 773. The van der Waals surface area contributed by atoms with Crippen molar-refractivity contribution in [2.75, 3.05) is 7.11 Å². The molecule has 0 spiro atoms. The molecular formula is C16H13IN2O3. The highest BCUT2D eigenvalue weighted by atomic mass is 127. The van der Waals surface area contributed by atoms with E-state index >= 15 is 0 Å². The Hall–Kier alpha value is -2.09. The molecule has 0 fully saturated rings. The van der Waals surface area contributed by atoms with Crippen LogP contribution in [-0.4, -0.2) is 17.3 Å². The maximum Gasteiger partial charge on any atom is 0.264 e. The lowest BCUT2D eigenvalue weighted by Crippen LogP contribution is -1.95. The van der Waals surface area contributed by atoms with Crippen LogP contribution in [-0.2, 0) is 6.61 Å². The van der Waals surface area contributed by atoms with Crippen molar-refractivity contribution in [3.8, 4) is 22.9 Å². The van der Waals surface area contributed by atoms with Crippen molar-refractivity contribution in [2.24, 2.45) is 0 Å². The summed E-state index contributed by atoms with van der Waals surface area (Å²) in [5.74, 6) is 2.46. The predicted molar refractivity (Wildman–Crippen MR) is 89.8 cm³/mol. The van der Waals surface area contributed by atoms with Crippen molar-refractivity contribution in [2.45, 2.75) is 6.61 Å². The van der Waals surface area contributed by atoms with Crippen molar-refractivity contribution >= 4 is 22.6 Å². The minimum Gasteiger partial charge on any atom is -0.497 e. The Morgan fingerprint density at radius 3 is 2.73 bits per heavy atom. The third kappa shape index (κ3) is 3.56. The number of benzene rings is 2.